The average molecular weight is 268 g/mol. The van der Waals surface area contributed by atoms with Gasteiger partial charge in [0.2, 0.25) is 0 Å². The number of fused-ring (bicyclic) bond motifs is 1. The molecule has 4 heteroatoms. The Morgan fingerprint density at radius 1 is 1.45 bits per heavy atom. The highest BCUT2D eigenvalue weighted by Gasteiger charge is 1.99. The fourth-order valence-electron chi connectivity index (χ4n) is 1.54. The third-order valence-electron chi connectivity index (χ3n) is 2.36. The largest absolute Gasteiger partial charge is 0.382 e. The molecule has 2 aromatic rings. The number of aliphatic imine (C=N–C) groups is 1. The van der Waals surface area contributed by atoms with Crippen molar-refractivity contribution in [2.45, 2.75) is 13.8 Å². The molecule has 0 amide bonds. The van der Waals surface area contributed by atoms with Gasteiger partial charge in [0.1, 0.15) is 11.3 Å². The Hall–Kier alpha value is -2.49. The molecule has 0 aromatic carbocycles. The van der Waals surface area contributed by atoms with Crippen LogP contribution in [0.1, 0.15) is 12.6 Å². The number of hydrogen-bond acceptors (Lipinski definition) is 4. The summed E-state index contributed by atoms with van der Waals surface area (Å²) in [5.74, 6) is 0.505. The van der Waals surface area contributed by atoms with Gasteiger partial charge in [0.15, 0.2) is 0 Å². The smallest absolute Gasteiger partial charge is 0.150 e. The Morgan fingerprint density at radius 3 is 2.85 bits per heavy atom. The molecule has 0 saturated heterocycles. The molecule has 104 valence electrons. The minimum atomic E-state index is 0.505. The molecule has 0 radical (unpaired) electrons. The quantitative estimate of drug-likeness (QED) is 0.671. The standard InChI is InChI=1S/C9H9N3.C7H11N/c1-6-5-7-3-2-4-11-8(7)9(10)12-6;1-7(2)5-4-6-8-3/h2-5H,1H3,(H2,10,12);4-6H,1H2,2-3H3/b;5-4-,8-6?. The van der Waals surface area contributed by atoms with Crippen LogP contribution in [0.15, 0.2) is 53.7 Å². The number of rotatable bonds is 2. The summed E-state index contributed by atoms with van der Waals surface area (Å²) < 4.78 is 0. The lowest BCUT2D eigenvalue weighted by molar-refractivity contribution is 1.22. The number of nitrogens with zero attached hydrogens (tertiary/aromatic N) is 3. The van der Waals surface area contributed by atoms with E-state index in [0.717, 1.165) is 22.2 Å². The Bertz CT molecular complexity index is 642. The van der Waals surface area contributed by atoms with Crippen LogP contribution in [0.3, 0.4) is 0 Å². The lowest BCUT2D eigenvalue weighted by Gasteiger charge is -2.00. The lowest BCUT2D eigenvalue weighted by atomic mass is 10.2. The molecule has 0 aliphatic carbocycles. The second-order valence-electron chi connectivity index (χ2n) is 4.34. The number of nitrogen functional groups attached to an aromatic ring is 1. The summed E-state index contributed by atoms with van der Waals surface area (Å²) in [4.78, 5) is 12.0. The summed E-state index contributed by atoms with van der Waals surface area (Å²) in [6.45, 7) is 7.54. The third-order valence-corrected chi connectivity index (χ3v) is 2.36. The van der Waals surface area contributed by atoms with E-state index in [1.54, 1.807) is 19.5 Å². The van der Waals surface area contributed by atoms with Crippen molar-refractivity contribution in [1.29, 1.82) is 0 Å². The molecule has 2 rings (SSSR count). The van der Waals surface area contributed by atoms with E-state index in [1.165, 1.54) is 0 Å². The van der Waals surface area contributed by atoms with E-state index in [0.29, 0.717) is 5.82 Å². The molecule has 2 heterocycles. The average Bonchev–Trinajstić information content (AvgIpc) is 2.39. The molecule has 0 aliphatic rings. The highest BCUT2D eigenvalue weighted by atomic mass is 14.9. The van der Waals surface area contributed by atoms with Crippen LogP contribution in [0, 0.1) is 6.92 Å². The summed E-state index contributed by atoms with van der Waals surface area (Å²) in [5.41, 5.74) is 8.43. The van der Waals surface area contributed by atoms with Gasteiger partial charge in [0.05, 0.1) is 0 Å². The molecule has 4 nitrogen and oxygen atoms in total. The number of hydrogen-bond donors (Lipinski definition) is 1. The number of aromatic nitrogens is 2. The number of anilines is 1. The van der Waals surface area contributed by atoms with Crippen LogP contribution in [-0.4, -0.2) is 23.2 Å². The van der Waals surface area contributed by atoms with E-state index in [9.17, 15) is 0 Å². The molecule has 0 aliphatic heterocycles. The first-order valence-corrected chi connectivity index (χ1v) is 6.26. The molecular formula is C16H20N4. The molecule has 2 N–H and O–H groups in total. The van der Waals surface area contributed by atoms with Crippen LogP contribution in [0.5, 0.6) is 0 Å². The van der Waals surface area contributed by atoms with Crippen molar-refractivity contribution in [3.63, 3.8) is 0 Å². The van der Waals surface area contributed by atoms with E-state index >= 15 is 0 Å². The zero-order valence-electron chi connectivity index (χ0n) is 12.2. The van der Waals surface area contributed by atoms with Crippen LogP contribution in [0.25, 0.3) is 10.9 Å². The van der Waals surface area contributed by atoms with E-state index in [1.807, 2.05) is 44.2 Å². The molecule has 0 unspecified atom stereocenters. The minimum Gasteiger partial charge on any atom is -0.382 e. The first kappa shape index (κ1) is 15.6. The van der Waals surface area contributed by atoms with E-state index in [-0.39, 0.29) is 0 Å². The fourth-order valence-corrected chi connectivity index (χ4v) is 1.54. The maximum Gasteiger partial charge on any atom is 0.150 e. The maximum absolute atomic E-state index is 5.68. The summed E-state index contributed by atoms with van der Waals surface area (Å²) in [7, 11) is 1.74. The fraction of sp³-hybridized carbons (Fsp3) is 0.188. The van der Waals surface area contributed by atoms with Gasteiger partial charge in [-0.2, -0.15) is 0 Å². The minimum absolute atomic E-state index is 0.505. The van der Waals surface area contributed by atoms with Crippen LogP contribution in [0.4, 0.5) is 5.82 Å². The van der Waals surface area contributed by atoms with E-state index in [4.69, 9.17) is 5.73 Å². The molecule has 0 spiro atoms. The first-order chi connectivity index (χ1) is 9.54. The summed E-state index contributed by atoms with van der Waals surface area (Å²) in [5, 5.41) is 1.04. The zero-order chi connectivity index (χ0) is 15.0. The first-order valence-electron chi connectivity index (χ1n) is 6.26. The van der Waals surface area contributed by atoms with Gasteiger partial charge in [-0.15, -0.1) is 0 Å². The van der Waals surface area contributed by atoms with Crippen LogP contribution < -0.4 is 5.73 Å². The predicted octanol–water partition coefficient (Wildman–Crippen LogP) is 3.34. The maximum atomic E-state index is 5.68. The van der Waals surface area contributed by atoms with Gasteiger partial charge in [0, 0.05) is 30.5 Å². The van der Waals surface area contributed by atoms with Gasteiger partial charge in [-0.05, 0) is 32.1 Å². The van der Waals surface area contributed by atoms with Crippen molar-refractivity contribution in [3.8, 4) is 0 Å². The van der Waals surface area contributed by atoms with E-state index in [2.05, 4.69) is 21.5 Å². The number of aryl methyl sites for hydroxylation is 1. The SMILES string of the molecule is C=C(C)/C=C\C=NC.Cc1cc2cccnc2c(N)n1. The zero-order valence-corrected chi connectivity index (χ0v) is 12.2. The van der Waals surface area contributed by atoms with Gasteiger partial charge in [-0.1, -0.05) is 24.3 Å². The molecule has 20 heavy (non-hydrogen) atoms. The summed E-state index contributed by atoms with van der Waals surface area (Å²) in [6, 6.07) is 5.84. The van der Waals surface area contributed by atoms with Crippen molar-refractivity contribution in [2.75, 3.05) is 12.8 Å². The predicted molar refractivity (Wildman–Crippen MR) is 87.1 cm³/mol. The highest BCUT2D eigenvalue weighted by Crippen LogP contribution is 2.16. The van der Waals surface area contributed by atoms with Crippen LogP contribution >= 0.6 is 0 Å². The van der Waals surface area contributed by atoms with E-state index < -0.39 is 0 Å². The second-order valence-corrected chi connectivity index (χ2v) is 4.34. The summed E-state index contributed by atoms with van der Waals surface area (Å²) >= 11 is 0. The number of allylic oxidation sites excluding steroid dienone is 3. The normalized spacial score (nSPS) is 10.8. The molecule has 0 atom stereocenters. The van der Waals surface area contributed by atoms with Gasteiger partial charge in [-0.3, -0.25) is 9.98 Å². The monoisotopic (exact) mass is 268 g/mol. The van der Waals surface area contributed by atoms with Crippen molar-refractivity contribution >= 4 is 22.9 Å². The number of pyridine rings is 2. The van der Waals surface area contributed by atoms with Crippen LogP contribution in [-0.2, 0) is 0 Å². The number of nitrogens with two attached hydrogens (primary N) is 1. The Labute approximate surface area is 119 Å². The highest BCUT2D eigenvalue weighted by molar-refractivity contribution is 5.87. The Morgan fingerprint density at radius 2 is 2.20 bits per heavy atom. The van der Waals surface area contributed by atoms with Gasteiger partial charge in [-0.25, -0.2) is 4.98 Å². The molecular weight excluding hydrogens is 248 g/mol. The molecule has 0 fully saturated rings. The molecule has 2 aromatic heterocycles. The van der Waals surface area contributed by atoms with Gasteiger partial charge in [0.25, 0.3) is 0 Å². The van der Waals surface area contributed by atoms with Crippen molar-refractivity contribution < 1.29 is 0 Å². The topological polar surface area (TPSA) is 64.2 Å². The lowest BCUT2D eigenvalue weighted by Crippen LogP contribution is -1.95. The Kier molecular flexibility index (Phi) is 6.10. The summed E-state index contributed by atoms with van der Waals surface area (Å²) in [6.07, 6.45) is 7.22. The third kappa shape index (κ3) is 5.02. The van der Waals surface area contributed by atoms with Gasteiger partial charge >= 0.3 is 0 Å². The van der Waals surface area contributed by atoms with Crippen molar-refractivity contribution in [1.82, 2.24) is 9.97 Å². The molecule has 0 bridgehead atoms. The van der Waals surface area contributed by atoms with Crippen molar-refractivity contribution in [2.24, 2.45) is 4.99 Å². The van der Waals surface area contributed by atoms with Gasteiger partial charge < -0.3 is 5.73 Å². The molecule has 0 saturated carbocycles. The Balaban J connectivity index is 0.000000221. The van der Waals surface area contributed by atoms with Crippen molar-refractivity contribution in [3.05, 3.63) is 54.4 Å². The second kappa shape index (κ2) is 7.84. The van der Waals surface area contributed by atoms with Crippen LogP contribution in [0.2, 0.25) is 0 Å².